The first-order chi connectivity index (χ1) is 13.1. The van der Waals surface area contributed by atoms with E-state index in [4.69, 9.17) is 0 Å². The molecule has 5 rings (SSSR count). The van der Waals surface area contributed by atoms with E-state index in [2.05, 4.69) is 22.0 Å². The maximum Gasteiger partial charge on any atom is 0.255 e. The van der Waals surface area contributed by atoms with Gasteiger partial charge in [-0.1, -0.05) is 12.1 Å². The fraction of sp³-hybridized carbons (Fsp3) is 0.550. The lowest BCUT2D eigenvalue weighted by Crippen LogP contribution is -2.52. The second kappa shape index (κ2) is 6.42. The largest absolute Gasteiger partial charge is 0.322 e. The van der Waals surface area contributed by atoms with Gasteiger partial charge in [0.05, 0.1) is 0 Å². The summed E-state index contributed by atoms with van der Waals surface area (Å²) < 4.78 is 0. The zero-order valence-electron chi connectivity index (χ0n) is 15.2. The Bertz CT molecular complexity index is 823. The Morgan fingerprint density at radius 3 is 2.81 bits per heavy atom. The molecule has 4 aliphatic rings. The van der Waals surface area contributed by atoms with Crippen molar-refractivity contribution in [1.82, 2.24) is 20.9 Å². The molecule has 0 spiro atoms. The molecule has 3 fully saturated rings. The van der Waals surface area contributed by atoms with Crippen molar-refractivity contribution in [2.45, 2.75) is 56.9 Å². The number of rotatable bonds is 4. The van der Waals surface area contributed by atoms with E-state index >= 15 is 0 Å². The topological polar surface area (TPSA) is 90.5 Å². The minimum atomic E-state index is -0.557. The predicted molar refractivity (Wildman–Crippen MR) is 97.6 cm³/mol. The van der Waals surface area contributed by atoms with Crippen molar-refractivity contribution in [1.29, 1.82) is 0 Å². The Labute approximate surface area is 157 Å². The van der Waals surface area contributed by atoms with Crippen LogP contribution in [0.5, 0.6) is 0 Å². The van der Waals surface area contributed by atoms with Gasteiger partial charge in [-0.05, 0) is 48.9 Å². The highest BCUT2D eigenvalue weighted by Crippen LogP contribution is 2.33. The van der Waals surface area contributed by atoms with Gasteiger partial charge < -0.3 is 15.5 Å². The highest BCUT2D eigenvalue weighted by atomic mass is 16.2. The van der Waals surface area contributed by atoms with Crippen molar-refractivity contribution in [2.24, 2.45) is 5.92 Å². The van der Waals surface area contributed by atoms with Gasteiger partial charge in [0, 0.05) is 37.2 Å². The van der Waals surface area contributed by atoms with Gasteiger partial charge in [0.15, 0.2) is 0 Å². The van der Waals surface area contributed by atoms with Crippen LogP contribution in [0.15, 0.2) is 18.2 Å². The third-order valence-corrected chi connectivity index (χ3v) is 6.56. The summed E-state index contributed by atoms with van der Waals surface area (Å²) in [7, 11) is 0. The van der Waals surface area contributed by atoms with Crippen LogP contribution in [0.1, 0.15) is 47.2 Å². The Hall–Kier alpha value is -2.25. The standard InChI is InChI=1S/C20H24N4O3/c25-18-5-4-17(19(26)23-18)24-10-14-12(2-1-3-13(14)20(24)27)9-22-16-7-11-6-15(16)21-8-11/h1-3,11,15-17,21-22H,4-10H2,(H,23,25,26)/t11-,15+,16-,17?/m1/s1. The smallest absolute Gasteiger partial charge is 0.255 e. The molecule has 2 saturated heterocycles. The van der Waals surface area contributed by atoms with E-state index in [1.165, 1.54) is 12.8 Å². The van der Waals surface area contributed by atoms with Gasteiger partial charge in [-0.3, -0.25) is 19.7 Å². The van der Waals surface area contributed by atoms with Crippen molar-refractivity contribution >= 4 is 17.7 Å². The zero-order valence-corrected chi connectivity index (χ0v) is 15.2. The second-order valence-corrected chi connectivity index (χ2v) is 8.18. The second-order valence-electron chi connectivity index (χ2n) is 8.18. The molecule has 0 aromatic heterocycles. The first-order valence-corrected chi connectivity index (χ1v) is 9.82. The molecule has 3 amide bonds. The van der Waals surface area contributed by atoms with Crippen LogP contribution in [0, 0.1) is 5.92 Å². The van der Waals surface area contributed by atoms with Crippen LogP contribution in [0.4, 0.5) is 0 Å². The first kappa shape index (κ1) is 16.9. The van der Waals surface area contributed by atoms with Gasteiger partial charge in [-0.25, -0.2) is 0 Å². The SMILES string of the molecule is O=C1CCC(N2Cc3c(CN[C@@H]4C[C@@H]5CN[C@H]4C5)cccc3C2=O)C(=O)N1. The maximum absolute atomic E-state index is 12.9. The van der Waals surface area contributed by atoms with E-state index in [1.807, 2.05) is 12.1 Å². The lowest BCUT2D eigenvalue weighted by molar-refractivity contribution is -0.136. The summed E-state index contributed by atoms with van der Waals surface area (Å²) in [5, 5.41) is 9.58. The number of carbonyl (C=O) groups excluding carboxylic acids is 3. The van der Waals surface area contributed by atoms with E-state index in [9.17, 15) is 14.4 Å². The summed E-state index contributed by atoms with van der Waals surface area (Å²) in [6, 6.07) is 6.31. The van der Waals surface area contributed by atoms with Crippen LogP contribution in [-0.4, -0.2) is 47.3 Å². The summed E-state index contributed by atoms with van der Waals surface area (Å²) in [6.07, 6.45) is 3.15. The number of carbonyl (C=O) groups is 3. The minimum absolute atomic E-state index is 0.108. The Morgan fingerprint density at radius 2 is 2.07 bits per heavy atom. The number of hydrogen-bond acceptors (Lipinski definition) is 5. The van der Waals surface area contributed by atoms with Crippen molar-refractivity contribution in [3.63, 3.8) is 0 Å². The predicted octanol–water partition coefficient (Wildman–Crippen LogP) is 0.288. The number of fused-ring (bicyclic) bond motifs is 3. The summed E-state index contributed by atoms with van der Waals surface area (Å²) in [5.74, 6) is 0.0615. The highest BCUT2D eigenvalue weighted by Gasteiger charge is 2.41. The lowest BCUT2D eigenvalue weighted by Gasteiger charge is -2.29. The number of piperidine rings is 2. The molecule has 3 N–H and O–H groups in total. The van der Waals surface area contributed by atoms with Crippen molar-refractivity contribution < 1.29 is 14.4 Å². The summed E-state index contributed by atoms with van der Waals surface area (Å²) in [6.45, 7) is 2.31. The average molecular weight is 368 g/mol. The van der Waals surface area contributed by atoms with Crippen LogP contribution >= 0.6 is 0 Å². The molecule has 1 unspecified atom stereocenters. The fourth-order valence-electron chi connectivity index (χ4n) is 5.14. The van der Waals surface area contributed by atoms with Gasteiger partial charge >= 0.3 is 0 Å². The molecule has 27 heavy (non-hydrogen) atoms. The zero-order chi connectivity index (χ0) is 18.5. The van der Waals surface area contributed by atoms with Crippen LogP contribution in [0.25, 0.3) is 0 Å². The van der Waals surface area contributed by atoms with Gasteiger partial charge in [-0.15, -0.1) is 0 Å². The van der Waals surface area contributed by atoms with Crippen molar-refractivity contribution in [3.05, 3.63) is 34.9 Å². The third-order valence-electron chi connectivity index (χ3n) is 6.56. The molecule has 2 bridgehead atoms. The molecular weight excluding hydrogens is 344 g/mol. The molecule has 3 heterocycles. The van der Waals surface area contributed by atoms with E-state index in [0.717, 1.165) is 30.1 Å². The van der Waals surface area contributed by atoms with Crippen molar-refractivity contribution in [3.8, 4) is 0 Å². The molecule has 1 aromatic carbocycles. The van der Waals surface area contributed by atoms with Gasteiger partial charge in [0.1, 0.15) is 6.04 Å². The quantitative estimate of drug-likeness (QED) is 0.665. The van der Waals surface area contributed by atoms with Crippen molar-refractivity contribution in [2.75, 3.05) is 6.54 Å². The van der Waals surface area contributed by atoms with E-state index in [-0.39, 0.29) is 24.1 Å². The minimum Gasteiger partial charge on any atom is -0.322 e. The van der Waals surface area contributed by atoms with Crippen LogP contribution in [0.3, 0.4) is 0 Å². The highest BCUT2D eigenvalue weighted by molar-refractivity contribution is 6.05. The number of imide groups is 1. The molecule has 7 nitrogen and oxygen atoms in total. The van der Waals surface area contributed by atoms with E-state index < -0.39 is 6.04 Å². The van der Waals surface area contributed by atoms with Gasteiger partial charge in [0.2, 0.25) is 11.8 Å². The molecule has 4 atom stereocenters. The third kappa shape index (κ3) is 2.85. The normalized spacial score (nSPS) is 32.1. The number of nitrogens with one attached hydrogen (secondary N) is 3. The Balaban J connectivity index is 1.31. The molecule has 142 valence electrons. The molecular formula is C20H24N4O3. The average Bonchev–Trinajstić information content (AvgIpc) is 3.35. The Morgan fingerprint density at radius 1 is 1.19 bits per heavy atom. The lowest BCUT2D eigenvalue weighted by atomic mass is 10.0. The maximum atomic E-state index is 12.9. The van der Waals surface area contributed by atoms with Crippen LogP contribution in [-0.2, 0) is 22.7 Å². The fourth-order valence-corrected chi connectivity index (χ4v) is 5.14. The number of nitrogens with zero attached hydrogens (tertiary/aromatic N) is 1. The van der Waals surface area contributed by atoms with Gasteiger partial charge in [0.25, 0.3) is 5.91 Å². The van der Waals surface area contributed by atoms with E-state index in [1.54, 1.807) is 4.90 Å². The molecule has 1 aromatic rings. The number of amides is 3. The molecule has 0 radical (unpaired) electrons. The van der Waals surface area contributed by atoms with Gasteiger partial charge in [-0.2, -0.15) is 0 Å². The summed E-state index contributed by atoms with van der Waals surface area (Å²) in [5.41, 5.74) is 2.82. The number of hydrogen-bond donors (Lipinski definition) is 3. The molecule has 3 aliphatic heterocycles. The molecule has 7 heteroatoms. The Kier molecular flexibility index (Phi) is 4.02. The van der Waals surface area contributed by atoms with Crippen LogP contribution < -0.4 is 16.0 Å². The first-order valence-electron chi connectivity index (χ1n) is 9.82. The molecule has 1 aliphatic carbocycles. The summed E-state index contributed by atoms with van der Waals surface area (Å²) >= 11 is 0. The monoisotopic (exact) mass is 368 g/mol. The summed E-state index contributed by atoms with van der Waals surface area (Å²) in [4.78, 5) is 38.1. The molecule has 1 saturated carbocycles. The number of benzene rings is 1. The van der Waals surface area contributed by atoms with Crippen LogP contribution in [0.2, 0.25) is 0 Å². The van der Waals surface area contributed by atoms with E-state index in [0.29, 0.717) is 30.6 Å².